The summed E-state index contributed by atoms with van der Waals surface area (Å²) in [5.74, 6) is 0.0118. The Bertz CT molecular complexity index is 375. The van der Waals surface area contributed by atoms with Crippen LogP contribution in [0.2, 0.25) is 0 Å². The van der Waals surface area contributed by atoms with E-state index in [0.29, 0.717) is 13.0 Å². The number of esters is 1. The van der Waals surface area contributed by atoms with Crippen molar-refractivity contribution in [2.75, 3.05) is 6.61 Å². The predicted octanol–water partition coefficient (Wildman–Crippen LogP) is 10.1. The molecule has 0 saturated heterocycles. The van der Waals surface area contributed by atoms with E-state index < -0.39 is 0 Å². The van der Waals surface area contributed by atoms with Crippen LogP contribution in [-0.2, 0) is 9.53 Å². The average molecular weight is 437 g/mol. The van der Waals surface area contributed by atoms with E-state index in [1.807, 2.05) is 0 Å². The Labute approximate surface area is 196 Å². The number of ether oxygens (including phenoxy) is 1. The zero-order valence-electron chi connectivity index (χ0n) is 21.4. The molecule has 0 aromatic heterocycles. The molecule has 2 heteroatoms. The van der Waals surface area contributed by atoms with Gasteiger partial charge in [-0.2, -0.15) is 0 Å². The summed E-state index contributed by atoms with van der Waals surface area (Å²) in [6.45, 7) is 5.15. The van der Waals surface area contributed by atoms with Crippen LogP contribution in [-0.4, -0.2) is 12.6 Å². The molecule has 0 aromatic rings. The summed E-state index contributed by atoms with van der Waals surface area (Å²) in [5.41, 5.74) is 0. The molecule has 0 spiro atoms. The molecular weight excluding hydrogens is 380 g/mol. The van der Waals surface area contributed by atoms with Gasteiger partial charge in [0, 0.05) is 6.42 Å². The molecule has 0 aromatic carbocycles. The van der Waals surface area contributed by atoms with E-state index in [9.17, 15) is 4.79 Å². The molecule has 0 aliphatic heterocycles. The fraction of sp³-hybridized carbons (Fsp3) is 0.897. The van der Waals surface area contributed by atoms with Gasteiger partial charge in [-0.3, -0.25) is 4.79 Å². The van der Waals surface area contributed by atoms with Gasteiger partial charge in [-0.15, -0.1) is 0 Å². The summed E-state index contributed by atoms with van der Waals surface area (Å²) in [6, 6.07) is 0. The summed E-state index contributed by atoms with van der Waals surface area (Å²) in [7, 11) is 0. The van der Waals surface area contributed by atoms with Crippen LogP contribution in [0, 0.1) is 0 Å². The lowest BCUT2D eigenvalue weighted by atomic mass is 10.0. The van der Waals surface area contributed by atoms with Crippen LogP contribution < -0.4 is 0 Å². The van der Waals surface area contributed by atoms with Gasteiger partial charge in [0.25, 0.3) is 0 Å². The van der Waals surface area contributed by atoms with Crippen molar-refractivity contribution in [3.63, 3.8) is 0 Å². The largest absolute Gasteiger partial charge is 0.466 e. The maximum absolute atomic E-state index is 11.8. The molecule has 0 aliphatic rings. The van der Waals surface area contributed by atoms with Crippen LogP contribution in [0.1, 0.15) is 162 Å². The van der Waals surface area contributed by atoms with E-state index in [2.05, 4.69) is 26.0 Å². The monoisotopic (exact) mass is 436 g/mol. The summed E-state index contributed by atoms with van der Waals surface area (Å²) in [6.07, 6.45) is 33.8. The molecule has 0 N–H and O–H groups in total. The van der Waals surface area contributed by atoms with Crippen LogP contribution in [0.3, 0.4) is 0 Å². The number of hydrogen-bond acceptors (Lipinski definition) is 2. The van der Waals surface area contributed by atoms with Crippen LogP contribution in [0.15, 0.2) is 12.2 Å². The molecule has 0 amide bonds. The highest BCUT2D eigenvalue weighted by Gasteiger charge is 2.02. The van der Waals surface area contributed by atoms with Crippen LogP contribution in [0.25, 0.3) is 0 Å². The van der Waals surface area contributed by atoms with Crippen molar-refractivity contribution in [1.29, 1.82) is 0 Å². The number of allylic oxidation sites excluding steroid dienone is 2. The standard InChI is InChI=1S/C29H56O2/c1-3-5-7-9-11-13-15-16-18-20-22-24-26-28-31-29(30)27-25-23-21-19-17-14-12-10-8-6-4-2/h10,12H,3-9,11,13-28H2,1-2H3/b12-10-. The Balaban J connectivity index is 3.17. The van der Waals surface area contributed by atoms with Crippen molar-refractivity contribution in [1.82, 2.24) is 0 Å². The normalized spacial score (nSPS) is 11.4. The first-order chi connectivity index (χ1) is 15.3. The van der Waals surface area contributed by atoms with Gasteiger partial charge in [0.05, 0.1) is 6.61 Å². The quantitative estimate of drug-likeness (QED) is 0.0808. The van der Waals surface area contributed by atoms with Gasteiger partial charge in [-0.25, -0.2) is 0 Å². The molecule has 0 fully saturated rings. The second-order valence-corrected chi connectivity index (χ2v) is 9.38. The SMILES string of the molecule is CCCC/C=C\CCCCCCCC(=O)OCCCCCCCCCCCCCCC. The molecule has 0 unspecified atom stereocenters. The number of unbranched alkanes of at least 4 members (excludes halogenated alkanes) is 19. The fourth-order valence-corrected chi connectivity index (χ4v) is 4.00. The molecule has 0 heterocycles. The molecule has 31 heavy (non-hydrogen) atoms. The number of carbonyl (C=O) groups excluding carboxylic acids is 1. The Morgan fingerprint density at radius 3 is 1.48 bits per heavy atom. The van der Waals surface area contributed by atoms with Gasteiger partial charge < -0.3 is 4.74 Å². The highest BCUT2D eigenvalue weighted by molar-refractivity contribution is 5.69. The minimum absolute atomic E-state index is 0.0118. The third kappa shape index (κ3) is 27.2. The van der Waals surface area contributed by atoms with Gasteiger partial charge in [-0.1, -0.05) is 135 Å². The first-order valence-corrected chi connectivity index (χ1v) is 14.1. The lowest BCUT2D eigenvalue weighted by Crippen LogP contribution is -2.05. The maximum atomic E-state index is 11.8. The van der Waals surface area contributed by atoms with Crippen molar-refractivity contribution in [3.05, 3.63) is 12.2 Å². The molecule has 0 rings (SSSR count). The maximum Gasteiger partial charge on any atom is 0.305 e. The average Bonchev–Trinajstić information content (AvgIpc) is 2.77. The van der Waals surface area contributed by atoms with E-state index >= 15 is 0 Å². The molecule has 0 bridgehead atoms. The van der Waals surface area contributed by atoms with Crippen molar-refractivity contribution >= 4 is 5.97 Å². The Kier molecular flexibility index (Phi) is 26.5. The molecule has 0 aliphatic carbocycles. The fourth-order valence-electron chi connectivity index (χ4n) is 4.00. The highest BCUT2D eigenvalue weighted by Crippen LogP contribution is 2.13. The van der Waals surface area contributed by atoms with Crippen molar-refractivity contribution in [3.8, 4) is 0 Å². The van der Waals surface area contributed by atoms with E-state index in [4.69, 9.17) is 4.74 Å². The lowest BCUT2D eigenvalue weighted by Gasteiger charge is -2.05. The minimum Gasteiger partial charge on any atom is -0.466 e. The number of hydrogen-bond donors (Lipinski definition) is 0. The van der Waals surface area contributed by atoms with Crippen LogP contribution in [0.5, 0.6) is 0 Å². The van der Waals surface area contributed by atoms with Gasteiger partial charge in [0.1, 0.15) is 0 Å². The molecule has 184 valence electrons. The third-order valence-corrected chi connectivity index (χ3v) is 6.15. The zero-order chi connectivity index (χ0) is 22.7. The summed E-state index contributed by atoms with van der Waals surface area (Å²) < 4.78 is 5.39. The van der Waals surface area contributed by atoms with E-state index in [0.717, 1.165) is 19.3 Å². The third-order valence-electron chi connectivity index (χ3n) is 6.15. The van der Waals surface area contributed by atoms with Crippen molar-refractivity contribution in [2.24, 2.45) is 0 Å². The van der Waals surface area contributed by atoms with Crippen LogP contribution in [0.4, 0.5) is 0 Å². The van der Waals surface area contributed by atoms with E-state index in [1.165, 1.54) is 122 Å². The number of rotatable bonds is 25. The Hall–Kier alpha value is -0.790. The Morgan fingerprint density at radius 2 is 0.935 bits per heavy atom. The van der Waals surface area contributed by atoms with Gasteiger partial charge in [0.15, 0.2) is 0 Å². The summed E-state index contributed by atoms with van der Waals surface area (Å²) in [4.78, 5) is 11.8. The first-order valence-electron chi connectivity index (χ1n) is 14.1. The second kappa shape index (κ2) is 27.2. The second-order valence-electron chi connectivity index (χ2n) is 9.38. The molecule has 2 nitrogen and oxygen atoms in total. The highest BCUT2D eigenvalue weighted by atomic mass is 16.5. The molecule has 0 radical (unpaired) electrons. The van der Waals surface area contributed by atoms with E-state index in [1.54, 1.807) is 0 Å². The minimum atomic E-state index is 0.0118. The topological polar surface area (TPSA) is 26.3 Å². The molecular formula is C29H56O2. The van der Waals surface area contributed by atoms with Crippen molar-refractivity contribution < 1.29 is 9.53 Å². The molecule has 0 atom stereocenters. The van der Waals surface area contributed by atoms with Gasteiger partial charge >= 0.3 is 5.97 Å². The van der Waals surface area contributed by atoms with Crippen molar-refractivity contribution in [2.45, 2.75) is 162 Å². The van der Waals surface area contributed by atoms with Gasteiger partial charge in [0.2, 0.25) is 0 Å². The smallest absolute Gasteiger partial charge is 0.305 e. The van der Waals surface area contributed by atoms with Crippen LogP contribution >= 0.6 is 0 Å². The van der Waals surface area contributed by atoms with Gasteiger partial charge in [-0.05, 0) is 32.1 Å². The first kappa shape index (κ1) is 30.2. The summed E-state index contributed by atoms with van der Waals surface area (Å²) >= 11 is 0. The zero-order valence-corrected chi connectivity index (χ0v) is 21.4. The predicted molar refractivity (Wildman–Crippen MR) is 138 cm³/mol. The Morgan fingerprint density at radius 1 is 0.516 bits per heavy atom. The molecule has 0 saturated carbocycles. The number of carbonyl (C=O) groups is 1. The summed E-state index contributed by atoms with van der Waals surface area (Å²) in [5, 5.41) is 0. The van der Waals surface area contributed by atoms with E-state index in [-0.39, 0.29) is 5.97 Å². The lowest BCUT2D eigenvalue weighted by molar-refractivity contribution is -0.143.